The van der Waals surface area contributed by atoms with Gasteiger partial charge in [-0.3, -0.25) is 9.11 Å². The molecule has 1 aromatic rings. The lowest BCUT2D eigenvalue weighted by molar-refractivity contribution is -0.696. The van der Waals surface area contributed by atoms with Crippen LogP contribution >= 0.6 is 0 Å². The Balaban J connectivity index is 0.000000763. The Morgan fingerprint density at radius 3 is 2.23 bits per heavy atom. The fourth-order valence-electron chi connectivity index (χ4n) is 1.62. The Kier molecular flexibility index (Phi) is 9.44. The number of rotatable bonds is 8. The van der Waals surface area contributed by atoms with Crippen LogP contribution in [0.4, 0.5) is 0 Å². The predicted octanol–water partition coefficient (Wildman–Crippen LogP) is 0.248. The van der Waals surface area contributed by atoms with Gasteiger partial charge in [-0.25, -0.2) is 17.6 Å². The summed E-state index contributed by atoms with van der Waals surface area (Å²) in [6.07, 6.45) is 9.63. The van der Waals surface area contributed by atoms with Gasteiger partial charge < -0.3 is 4.55 Å². The molecular formula is C11H22N2O7S2. The van der Waals surface area contributed by atoms with Gasteiger partial charge in [0.25, 0.3) is 10.1 Å². The molecule has 0 aliphatic carbocycles. The van der Waals surface area contributed by atoms with E-state index in [9.17, 15) is 8.42 Å². The van der Waals surface area contributed by atoms with Crippen LogP contribution in [-0.2, 0) is 33.6 Å². The molecule has 0 amide bonds. The van der Waals surface area contributed by atoms with Gasteiger partial charge in [-0.2, -0.15) is 8.42 Å². The van der Waals surface area contributed by atoms with Crippen LogP contribution in [0.2, 0.25) is 0 Å². The summed E-state index contributed by atoms with van der Waals surface area (Å²) in [6, 6.07) is 0. The van der Waals surface area contributed by atoms with Gasteiger partial charge in [-0.1, -0.05) is 13.3 Å². The highest BCUT2D eigenvalue weighted by Crippen LogP contribution is 1.96. The monoisotopic (exact) mass is 358 g/mol. The van der Waals surface area contributed by atoms with E-state index < -0.39 is 20.5 Å². The molecule has 130 valence electrons. The molecule has 0 fully saturated rings. The van der Waals surface area contributed by atoms with Crippen LogP contribution in [0.3, 0.4) is 0 Å². The van der Waals surface area contributed by atoms with Crippen molar-refractivity contribution in [2.24, 2.45) is 0 Å². The number of aryl methyl sites for hydroxylation is 2. The minimum Gasteiger partial charge on any atom is -0.726 e. The van der Waals surface area contributed by atoms with Gasteiger partial charge in [-0.15, -0.1) is 0 Å². The maximum atomic E-state index is 10.5. The molecule has 0 aromatic carbocycles. The second kappa shape index (κ2) is 9.90. The molecule has 1 heterocycles. The number of aromatic nitrogens is 2. The molecule has 0 spiro atoms. The van der Waals surface area contributed by atoms with E-state index in [-0.39, 0.29) is 5.75 Å². The smallest absolute Gasteiger partial charge is 0.264 e. The molecule has 0 saturated carbocycles. The molecule has 0 radical (unpaired) electrons. The summed E-state index contributed by atoms with van der Waals surface area (Å²) in [7, 11) is -8.72. The first-order valence-corrected chi connectivity index (χ1v) is 9.67. The Morgan fingerprint density at radius 2 is 1.73 bits per heavy atom. The standard InChI is InChI=1S/C11H20N2O3S.H2O4S/c1-2-3-6-12-8-9-13(11-12)7-4-5-10-17(14,15)16;1-5(2,3)4/h8-9,11H,2-7,10H2,1H3;(H2,1,2,3,4). The Bertz CT molecular complexity index is 615. The summed E-state index contributed by atoms with van der Waals surface area (Å²) in [4.78, 5) is 0. The van der Waals surface area contributed by atoms with Crippen LogP contribution in [-0.4, -0.2) is 40.8 Å². The van der Waals surface area contributed by atoms with Crippen LogP contribution in [0.25, 0.3) is 0 Å². The summed E-state index contributed by atoms with van der Waals surface area (Å²) in [5.74, 6) is -0.149. The molecule has 2 N–H and O–H groups in total. The lowest BCUT2D eigenvalue weighted by Crippen LogP contribution is -2.31. The lowest BCUT2D eigenvalue weighted by Gasteiger charge is -1.97. The van der Waals surface area contributed by atoms with Gasteiger partial charge in [0.15, 0.2) is 0 Å². The van der Waals surface area contributed by atoms with Gasteiger partial charge in [-0.05, 0) is 19.3 Å². The van der Waals surface area contributed by atoms with Gasteiger partial charge in [0.2, 0.25) is 16.7 Å². The second-order valence-electron chi connectivity index (χ2n) is 4.66. The fourth-order valence-corrected chi connectivity index (χ4v) is 2.19. The first-order valence-electron chi connectivity index (χ1n) is 6.69. The average Bonchev–Trinajstić information content (AvgIpc) is 2.77. The van der Waals surface area contributed by atoms with Gasteiger partial charge in [0.1, 0.15) is 12.4 Å². The molecule has 0 atom stereocenters. The van der Waals surface area contributed by atoms with Crippen molar-refractivity contribution in [3.05, 3.63) is 18.7 Å². The first-order chi connectivity index (χ1) is 10.0. The van der Waals surface area contributed by atoms with Crippen molar-refractivity contribution < 1.29 is 35.1 Å². The van der Waals surface area contributed by atoms with Crippen molar-refractivity contribution >= 4 is 20.5 Å². The first kappa shape index (κ1) is 21.0. The van der Waals surface area contributed by atoms with Gasteiger partial charge in [0.05, 0.1) is 18.8 Å². The van der Waals surface area contributed by atoms with Crippen molar-refractivity contribution in [1.82, 2.24) is 4.57 Å². The van der Waals surface area contributed by atoms with E-state index in [1.165, 1.54) is 6.42 Å². The van der Waals surface area contributed by atoms with Crippen molar-refractivity contribution in [2.75, 3.05) is 5.75 Å². The minimum absolute atomic E-state index is 0.149. The van der Waals surface area contributed by atoms with Crippen molar-refractivity contribution in [2.45, 2.75) is 45.7 Å². The zero-order valence-electron chi connectivity index (χ0n) is 12.3. The van der Waals surface area contributed by atoms with Crippen molar-refractivity contribution in [1.29, 1.82) is 0 Å². The highest BCUT2D eigenvalue weighted by Gasteiger charge is 2.06. The molecule has 1 aromatic heterocycles. The zero-order valence-corrected chi connectivity index (χ0v) is 14.0. The summed E-state index contributed by atoms with van der Waals surface area (Å²) in [6.45, 7) is 3.97. The maximum Gasteiger partial charge on any atom is 0.264 e. The van der Waals surface area contributed by atoms with E-state index >= 15 is 0 Å². The van der Waals surface area contributed by atoms with Crippen molar-refractivity contribution in [3.63, 3.8) is 0 Å². The van der Waals surface area contributed by atoms with Crippen molar-refractivity contribution in [3.8, 4) is 0 Å². The Labute approximate surface area is 130 Å². The average molecular weight is 358 g/mol. The van der Waals surface area contributed by atoms with Gasteiger partial charge >= 0.3 is 0 Å². The minimum atomic E-state index is -4.92. The number of hydrogen-bond acceptors (Lipinski definition) is 5. The predicted molar refractivity (Wildman–Crippen MR) is 77.5 cm³/mol. The third-order valence-electron chi connectivity index (χ3n) is 2.58. The Hall–Kier alpha value is -1.01. The van der Waals surface area contributed by atoms with E-state index in [2.05, 4.69) is 11.5 Å². The fraction of sp³-hybridized carbons (Fsp3) is 0.727. The largest absolute Gasteiger partial charge is 0.726 e. The highest BCUT2D eigenvalue weighted by atomic mass is 32.3. The van der Waals surface area contributed by atoms with E-state index in [0.717, 1.165) is 25.9 Å². The van der Waals surface area contributed by atoms with E-state index in [0.29, 0.717) is 6.42 Å². The molecule has 0 aliphatic heterocycles. The number of nitrogens with zero attached hydrogens (tertiary/aromatic N) is 2. The highest BCUT2D eigenvalue weighted by molar-refractivity contribution is 7.85. The molecule has 9 nitrogen and oxygen atoms in total. The van der Waals surface area contributed by atoms with E-state index in [4.69, 9.17) is 22.1 Å². The third kappa shape index (κ3) is 15.4. The quantitative estimate of drug-likeness (QED) is 0.294. The molecule has 22 heavy (non-hydrogen) atoms. The molecule has 0 aliphatic rings. The third-order valence-corrected chi connectivity index (χ3v) is 3.39. The molecule has 0 saturated heterocycles. The topological polar surface area (TPSA) is 141 Å². The second-order valence-corrected chi connectivity index (χ2v) is 7.09. The van der Waals surface area contributed by atoms with Crippen LogP contribution in [0, 0.1) is 0 Å². The molecular weight excluding hydrogens is 336 g/mol. The van der Waals surface area contributed by atoms with Gasteiger partial charge in [0, 0.05) is 0 Å². The normalized spacial score (nSPS) is 11.8. The SMILES string of the molecule is CCCCn1cc[n+](CCCCS(=O)(=O)O)c1.O=S(=O)([O-])O. The maximum absolute atomic E-state index is 10.5. The van der Waals surface area contributed by atoms with Crippen LogP contribution < -0.4 is 4.57 Å². The van der Waals surface area contributed by atoms with Crippen LogP contribution in [0.5, 0.6) is 0 Å². The molecule has 0 bridgehead atoms. The lowest BCUT2D eigenvalue weighted by atomic mass is 10.3. The summed E-state index contributed by atoms with van der Waals surface area (Å²) >= 11 is 0. The number of unbranched alkanes of at least 4 members (excludes halogenated alkanes) is 2. The van der Waals surface area contributed by atoms with Crippen LogP contribution in [0.15, 0.2) is 18.7 Å². The molecule has 1 rings (SSSR count). The van der Waals surface area contributed by atoms with E-state index in [1.54, 1.807) is 0 Å². The molecule has 11 heteroatoms. The number of hydrogen-bond donors (Lipinski definition) is 2. The zero-order chi connectivity index (χ0) is 17.2. The van der Waals surface area contributed by atoms with E-state index in [1.807, 2.05) is 23.3 Å². The number of imidazole rings is 1. The molecule has 0 unspecified atom stereocenters. The summed E-state index contributed by atoms with van der Waals surface area (Å²) in [5, 5.41) is 0. The van der Waals surface area contributed by atoms with Crippen LogP contribution in [0.1, 0.15) is 32.6 Å². The summed E-state index contributed by atoms with van der Waals surface area (Å²) < 4.78 is 66.6. The Morgan fingerprint density at radius 1 is 1.14 bits per heavy atom. The summed E-state index contributed by atoms with van der Waals surface area (Å²) in [5.41, 5.74) is 0.